The van der Waals surface area contributed by atoms with Crippen LogP contribution in [-0.2, 0) is 14.3 Å². The van der Waals surface area contributed by atoms with Crippen molar-refractivity contribution in [2.45, 2.75) is 30.7 Å². The number of esters is 1. The van der Waals surface area contributed by atoms with Gasteiger partial charge >= 0.3 is 11.6 Å². The molecule has 2 aromatic carbocycles. The van der Waals surface area contributed by atoms with Crippen molar-refractivity contribution in [1.82, 2.24) is 0 Å². The summed E-state index contributed by atoms with van der Waals surface area (Å²) in [6, 6.07) is 11.4. The van der Waals surface area contributed by atoms with E-state index in [0.717, 1.165) is 6.08 Å². The summed E-state index contributed by atoms with van der Waals surface area (Å²) in [5.74, 6) is -1.31. The lowest BCUT2D eigenvalue weighted by atomic mass is 9.99. The van der Waals surface area contributed by atoms with Crippen molar-refractivity contribution in [3.63, 3.8) is 0 Å². The fourth-order valence-corrected chi connectivity index (χ4v) is 3.42. The van der Waals surface area contributed by atoms with Crippen molar-refractivity contribution in [3.05, 3.63) is 70.6 Å². The molecule has 1 aliphatic rings. The standard InChI is InChI=1S/C24H22O11/c25-15-6-1-12(9-16(15)26)2-7-19(27)32-11-18-21(29)22(30)23(31)24(35-18)33-14-5-3-13-4-8-20(28)34-17(13)10-14/h1-10,18,21-26,29-31H,11H2/t18-,21-,22+,23-,24-/m1/s1. The normalized spacial score (nSPS) is 24.5. The highest BCUT2D eigenvalue weighted by Crippen LogP contribution is 2.27. The van der Waals surface area contributed by atoms with Crippen LogP contribution in [0, 0.1) is 0 Å². The zero-order valence-corrected chi connectivity index (χ0v) is 18.1. The molecule has 3 aromatic rings. The summed E-state index contributed by atoms with van der Waals surface area (Å²) >= 11 is 0. The van der Waals surface area contributed by atoms with E-state index in [1.807, 2.05) is 0 Å². The Morgan fingerprint density at radius 1 is 0.943 bits per heavy atom. The molecule has 184 valence electrons. The number of rotatable bonds is 6. The van der Waals surface area contributed by atoms with Crippen LogP contribution in [0.5, 0.6) is 17.2 Å². The van der Waals surface area contributed by atoms with E-state index in [1.165, 1.54) is 42.5 Å². The molecular weight excluding hydrogens is 464 g/mol. The molecule has 0 bridgehead atoms. The maximum absolute atomic E-state index is 12.1. The first kappa shape index (κ1) is 24.2. The van der Waals surface area contributed by atoms with E-state index in [0.29, 0.717) is 10.9 Å². The van der Waals surface area contributed by atoms with Crippen LogP contribution in [0.1, 0.15) is 5.56 Å². The number of ether oxygens (including phenoxy) is 3. The smallest absolute Gasteiger partial charge is 0.336 e. The van der Waals surface area contributed by atoms with Crippen LogP contribution < -0.4 is 10.4 Å². The van der Waals surface area contributed by atoms with Gasteiger partial charge in [-0.3, -0.25) is 0 Å². The number of hydrogen-bond donors (Lipinski definition) is 5. The number of phenols is 2. The van der Waals surface area contributed by atoms with E-state index >= 15 is 0 Å². The van der Waals surface area contributed by atoms with Gasteiger partial charge in [-0.25, -0.2) is 9.59 Å². The molecule has 0 radical (unpaired) electrons. The Kier molecular flexibility index (Phi) is 7.03. The van der Waals surface area contributed by atoms with E-state index in [9.17, 15) is 35.1 Å². The first-order valence-corrected chi connectivity index (χ1v) is 10.5. The Balaban J connectivity index is 1.40. The van der Waals surface area contributed by atoms with Crippen LogP contribution in [0.25, 0.3) is 17.0 Å². The van der Waals surface area contributed by atoms with Gasteiger partial charge in [-0.2, -0.15) is 0 Å². The zero-order chi connectivity index (χ0) is 25.1. The lowest BCUT2D eigenvalue weighted by molar-refractivity contribution is -0.278. The van der Waals surface area contributed by atoms with E-state index in [-0.39, 0.29) is 22.8 Å². The number of benzene rings is 2. The summed E-state index contributed by atoms with van der Waals surface area (Å²) in [6.45, 7) is -0.471. The largest absolute Gasteiger partial charge is 0.504 e. The maximum Gasteiger partial charge on any atom is 0.336 e. The molecule has 0 aliphatic carbocycles. The predicted molar refractivity (Wildman–Crippen MR) is 120 cm³/mol. The van der Waals surface area contributed by atoms with Crippen LogP contribution in [0.2, 0.25) is 0 Å². The Hall–Kier alpha value is -3.90. The topological polar surface area (TPSA) is 176 Å². The van der Waals surface area contributed by atoms with Crippen molar-refractivity contribution in [3.8, 4) is 17.2 Å². The van der Waals surface area contributed by atoms with E-state index in [1.54, 1.807) is 12.1 Å². The molecule has 1 fully saturated rings. The van der Waals surface area contributed by atoms with Crippen LogP contribution >= 0.6 is 0 Å². The average Bonchev–Trinajstić information content (AvgIpc) is 2.84. The second-order valence-corrected chi connectivity index (χ2v) is 7.80. The van der Waals surface area contributed by atoms with Crippen molar-refractivity contribution in [2.24, 2.45) is 0 Å². The lowest BCUT2D eigenvalue weighted by Crippen LogP contribution is -2.60. The molecular formula is C24H22O11. The van der Waals surface area contributed by atoms with Gasteiger partial charge < -0.3 is 44.2 Å². The molecule has 1 saturated heterocycles. The second-order valence-electron chi connectivity index (χ2n) is 7.80. The number of aliphatic hydroxyl groups excluding tert-OH is 3. The second kappa shape index (κ2) is 10.2. The van der Waals surface area contributed by atoms with E-state index < -0.39 is 48.9 Å². The van der Waals surface area contributed by atoms with Crippen molar-refractivity contribution in [1.29, 1.82) is 0 Å². The quantitative estimate of drug-likeness (QED) is 0.143. The first-order chi connectivity index (χ1) is 16.7. The SMILES string of the molecule is O=C(C=Cc1ccc(O)c(O)c1)OC[C@H]1O[C@@H](Oc2ccc3ccc(=O)oc3c2)[C@H](O)[C@@H](O)[C@@H]1O. The molecule has 0 saturated carbocycles. The predicted octanol–water partition coefficient (Wildman–Crippen LogP) is 0.647. The Morgan fingerprint density at radius 2 is 1.71 bits per heavy atom. The molecule has 0 unspecified atom stereocenters. The van der Waals surface area contributed by atoms with Gasteiger partial charge in [0.05, 0.1) is 0 Å². The zero-order valence-electron chi connectivity index (χ0n) is 18.1. The van der Waals surface area contributed by atoms with Crippen molar-refractivity contribution < 1.29 is 49.0 Å². The van der Waals surface area contributed by atoms with Gasteiger partial charge in [-0.05, 0) is 42.0 Å². The Bertz CT molecular complexity index is 1300. The fraction of sp³-hybridized carbons (Fsp3) is 0.250. The van der Waals surface area contributed by atoms with Gasteiger partial charge in [0.15, 0.2) is 11.5 Å². The Morgan fingerprint density at radius 3 is 2.49 bits per heavy atom. The van der Waals surface area contributed by atoms with Gasteiger partial charge in [0.25, 0.3) is 0 Å². The highest BCUT2D eigenvalue weighted by Gasteiger charge is 2.45. The average molecular weight is 486 g/mol. The molecule has 1 aliphatic heterocycles. The summed E-state index contributed by atoms with van der Waals surface area (Å²) < 4.78 is 21.3. The van der Waals surface area contributed by atoms with Crippen LogP contribution in [0.15, 0.2) is 63.8 Å². The van der Waals surface area contributed by atoms with Crippen molar-refractivity contribution in [2.75, 3.05) is 6.61 Å². The number of phenolic OH excluding ortho intramolecular Hbond substituents is 2. The molecule has 0 amide bonds. The number of aromatic hydroxyl groups is 2. The molecule has 1 aromatic heterocycles. The van der Waals surface area contributed by atoms with Crippen LogP contribution in [0.3, 0.4) is 0 Å². The molecule has 11 heteroatoms. The summed E-state index contributed by atoms with van der Waals surface area (Å²) in [4.78, 5) is 23.5. The molecule has 4 rings (SSSR count). The van der Waals surface area contributed by atoms with Gasteiger partial charge in [-0.1, -0.05) is 6.07 Å². The third-order valence-corrected chi connectivity index (χ3v) is 5.32. The fourth-order valence-electron chi connectivity index (χ4n) is 3.42. The summed E-state index contributed by atoms with van der Waals surface area (Å²) in [5.41, 5.74) is 0.102. The number of carbonyl (C=O) groups is 1. The minimum Gasteiger partial charge on any atom is -0.504 e. The molecule has 2 heterocycles. The highest BCUT2D eigenvalue weighted by molar-refractivity contribution is 5.87. The summed E-state index contributed by atoms with van der Waals surface area (Å²) in [7, 11) is 0. The van der Waals surface area contributed by atoms with Crippen LogP contribution in [-0.4, -0.2) is 68.8 Å². The minimum atomic E-state index is -1.66. The molecule has 5 N–H and O–H groups in total. The third kappa shape index (κ3) is 5.61. The number of fused-ring (bicyclic) bond motifs is 1. The van der Waals surface area contributed by atoms with Gasteiger partial charge in [0.1, 0.15) is 42.4 Å². The van der Waals surface area contributed by atoms with E-state index in [2.05, 4.69) is 0 Å². The molecule has 5 atom stereocenters. The van der Waals surface area contributed by atoms with Gasteiger partial charge in [0, 0.05) is 23.6 Å². The number of carbonyl (C=O) groups excluding carboxylic acids is 1. The highest BCUT2D eigenvalue weighted by atomic mass is 16.7. The minimum absolute atomic E-state index is 0.162. The third-order valence-electron chi connectivity index (χ3n) is 5.32. The summed E-state index contributed by atoms with van der Waals surface area (Å²) in [6.07, 6.45) is -5.13. The molecule has 0 spiro atoms. The number of hydrogen-bond acceptors (Lipinski definition) is 11. The Labute approximate surface area is 197 Å². The lowest BCUT2D eigenvalue weighted by Gasteiger charge is -2.39. The monoisotopic (exact) mass is 486 g/mol. The van der Waals surface area contributed by atoms with Crippen molar-refractivity contribution >= 4 is 23.0 Å². The molecule has 35 heavy (non-hydrogen) atoms. The molecule has 11 nitrogen and oxygen atoms in total. The van der Waals surface area contributed by atoms with E-state index in [4.69, 9.17) is 18.6 Å². The van der Waals surface area contributed by atoms with Gasteiger partial charge in [0.2, 0.25) is 6.29 Å². The summed E-state index contributed by atoms with van der Waals surface area (Å²) in [5, 5.41) is 50.2. The maximum atomic E-state index is 12.1. The van der Waals surface area contributed by atoms with Gasteiger partial charge in [-0.15, -0.1) is 0 Å². The first-order valence-electron chi connectivity index (χ1n) is 10.5. The van der Waals surface area contributed by atoms with Crippen LogP contribution in [0.4, 0.5) is 0 Å². The number of aliphatic hydroxyl groups is 3.